The first-order chi connectivity index (χ1) is 10.5. The zero-order valence-corrected chi connectivity index (χ0v) is 12.9. The van der Waals surface area contributed by atoms with E-state index in [1.807, 2.05) is 37.3 Å². The number of carboxylic acids is 1. The lowest BCUT2D eigenvalue weighted by molar-refractivity contribution is -0.146. The third-order valence-corrected chi connectivity index (χ3v) is 4.79. The van der Waals surface area contributed by atoms with E-state index in [1.54, 1.807) is 0 Å². The van der Waals surface area contributed by atoms with E-state index in [-0.39, 0.29) is 5.91 Å². The zero-order chi connectivity index (χ0) is 15.7. The fraction of sp³-hybridized carbons (Fsp3) is 0.312. The number of amides is 1. The summed E-state index contributed by atoms with van der Waals surface area (Å²) in [6, 6.07) is 5.91. The number of anilines is 1. The van der Waals surface area contributed by atoms with E-state index >= 15 is 0 Å². The monoisotopic (exact) mass is 316 g/mol. The van der Waals surface area contributed by atoms with Gasteiger partial charge >= 0.3 is 5.97 Å². The van der Waals surface area contributed by atoms with Gasteiger partial charge in [-0.15, -0.1) is 0 Å². The van der Waals surface area contributed by atoms with Gasteiger partial charge in [0.1, 0.15) is 0 Å². The molecule has 5 nitrogen and oxygen atoms in total. The Morgan fingerprint density at radius 2 is 2.00 bits per heavy atom. The standard InChI is InChI=1S/C16H16N2O3S/c1-9-6-7-12-13(8-9)22-16(17-12)18-14(19)10-4-2-3-5-11(10)15(20)21/h2-3,6-8,10-11H,4-5H2,1H3,(H,20,21)(H,17,18,19)/t10-,11+/m0/s1. The molecule has 0 aliphatic heterocycles. The summed E-state index contributed by atoms with van der Waals surface area (Å²) in [4.78, 5) is 28.0. The Kier molecular flexibility index (Phi) is 3.94. The molecule has 0 spiro atoms. The van der Waals surface area contributed by atoms with E-state index in [0.29, 0.717) is 18.0 Å². The molecule has 3 rings (SSSR count). The number of carbonyl (C=O) groups excluding carboxylic acids is 1. The largest absolute Gasteiger partial charge is 0.481 e. The highest BCUT2D eigenvalue weighted by molar-refractivity contribution is 7.22. The smallest absolute Gasteiger partial charge is 0.307 e. The van der Waals surface area contributed by atoms with Gasteiger partial charge in [-0.25, -0.2) is 4.98 Å². The number of hydrogen-bond acceptors (Lipinski definition) is 4. The van der Waals surface area contributed by atoms with E-state index in [9.17, 15) is 14.7 Å². The van der Waals surface area contributed by atoms with Crippen molar-refractivity contribution in [2.45, 2.75) is 19.8 Å². The van der Waals surface area contributed by atoms with Gasteiger partial charge in [-0.1, -0.05) is 29.6 Å². The van der Waals surface area contributed by atoms with Crippen LogP contribution in [-0.2, 0) is 9.59 Å². The molecular formula is C16H16N2O3S. The summed E-state index contributed by atoms with van der Waals surface area (Å²) in [5, 5.41) is 12.5. The first-order valence-corrected chi connectivity index (χ1v) is 7.92. The summed E-state index contributed by atoms with van der Waals surface area (Å²) in [7, 11) is 0. The number of benzene rings is 1. The van der Waals surface area contributed by atoms with Crippen LogP contribution in [0.4, 0.5) is 5.13 Å². The minimum atomic E-state index is -0.926. The van der Waals surface area contributed by atoms with Crippen LogP contribution in [-0.4, -0.2) is 22.0 Å². The van der Waals surface area contributed by atoms with Gasteiger partial charge in [0.2, 0.25) is 5.91 Å². The summed E-state index contributed by atoms with van der Waals surface area (Å²) in [5.41, 5.74) is 1.97. The molecule has 0 saturated carbocycles. The number of aryl methyl sites for hydroxylation is 1. The molecule has 1 aromatic heterocycles. The number of fused-ring (bicyclic) bond motifs is 1. The number of carbonyl (C=O) groups is 2. The maximum Gasteiger partial charge on any atom is 0.307 e. The quantitative estimate of drug-likeness (QED) is 0.852. The lowest BCUT2D eigenvalue weighted by atomic mass is 9.82. The molecule has 0 saturated heterocycles. The maximum absolute atomic E-state index is 12.4. The second-order valence-corrected chi connectivity index (χ2v) is 6.50. The third-order valence-electron chi connectivity index (χ3n) is 3.86. The van der Waals surface area contributed by atoms with Crippen LogP contribution in [0.25, 0.3) is 10.2 Å². The molecule has 1 aliphatic rings. The van der Waals surface area contributed by atoms with E-state index < -0.39 is 17.8 Å². The van der Waals surface area contributed by atoms with Crippen molar-refractivity contribution in [2.24, 2.45) is 11.8 Å². The molecule has 1 amide bonds. The first-order valence-electron chi connectivity index (χ1n) is 7.10. The maximum atomic E-state index is 12.4. The van der Waals surface area contributed by atoms with Crippen molar-refractivity contribution in [3.63, 3.8) is 0 Å². The molecule has 114 valence electrons. The van der Waals surface area contributed by atoms with Gasteiger partial charge in [0.05, 0.1) is 22.1 Å². The fourth-order valence-corrected chi connectivity index (χ4v) is 3.63. The van der Waals surface area contributed by atoms with Crippen LogP contribution in [0.15, 0.2) is 30.4 Å². The number of carboxylic acid groups (broad SMARTS) is 1. The average molecular weight is 316 g/mol. The van der Waals surface area contributed by atoms with Gasteiger partial charge in [-0.05, 0) is 37.5 Å². The summed E-state index contributed by atoms with van der Waals surface area (Å²) >= 11 is 1.40. The molecule has 22 heavy (non-hydrogen) atoms. The van der Waals surface area contributed by atoms with Crippen molar-refractivity contribution < 1.29 is 14.7 Å². The van der Waals surface area contributed by atoms with E-state index in [1.165, 1.54) is 11.3 Å². The Morgan fingerprint density at radius 3 is 2.73 bits per heavy atom. The van der Waals surface area contributed by atoms with E-state index in [0.717, 1.165) is 15.8 Å². The number of allylic oxidation sites excluding steroid dienone is 2. The van der Waals surface area contributed by atoms with Gasteiger partial charge in [0.25, 0.3) is 0 Å². The lowest BCUT2D eigenvalue weighted by Crippen LogP contribution is -2.34. The molecule has 0 fully saturated rings. The molecule has 0 bridgehead atoms. The summed E-state index contributed by atoms with van der Waals surface area (Å²) in [6.07, 6.45) is 4.54. The number of nitrogens with one attached hydrogen (secondary N) is 1. The molecule has 0 radical (unpaired) electrons. The third kappa shape index (κ3) is 2.87. The van der Waals surface area contributed by atoms with Gasteiger partial charge in [-0.3, -0.25) is 9.59 Å². The second kappa shape index (κ2) is 5.88. The lowest BCUT2D eigenvalue weighted by Gasteiger charge is -2.23. The Morgan fingerprint density at radius 1 is 1.27 bits per heavy atom. The molecular weight excluding hydrogens is 300 g/mol. The van der Waals surface area contributed by atoms with Crippen LogP contribution in [0, 0.1) is 18.8 Å². The van der Waals surface area contributed by atoms with E-state index in [2.05, 4.69) is 10.3 Å². The number of hydrogen-bond donors (Lipinski definition) is 2. The highest BCUT2D eigenvalue weighted by atomic mass is 32.1. The molecule has 1 aromatic carbocycles. The molecule has 1 aliphatic carbocycles. The number of rotatable bonds is 3. The van der Waals surface area contributed by atoms with Crippen LogP contribution in [0.3, 0.4) is 0 Å². The van der Waals surface area contributed by atoms with Crippen LogP contribution >= 0.6 is 11.3 Å². The predicted octanol–water partition coefficient (Wildman–Crippen LogP) is 3.21. The molecule has 2 aromatic rings. The fourth-order valence-electron chi connectivity index (χ4n) is 2.66. The highest BCUT2D eigenvalue weighted by Gasteiger charge is 2.34. The predicted molar refractivity (Wildman–Crippen MR) is 86.0 cm³/mol. The van der Waals surface area contributed by atoms with Crippen molar-refractivity contribution in [3.8, 4) is 0 Å². The molecule has 1 heterocycles. The minimum Gasteiger partial charge on any atom is -0.481 e. The highest BCUT2D eigenvalue weighted by Crippen LogP contribution is 2.30. The summed E-state index contributed by atoms with van der Waals surface area (Å²) in [6.45, 7) is 2.00. The first kappa shape index (κ1) is 14.7. The number of nitrogens with zero attached hydrogens (tertiary/aromatic N) is 1. The number of thiazole rings is 1. The SMILES string of the molecule is Cc1ccc2nc(NC(=O)[C@H]3CC=CC[C@H]3C(=O)O)sc2c1. The normalized spacial score (nSPS) is 21.0. The topological polar surface area (TPSA) is 79.3 Å². The van der Waals surface area contributed by atoms with E-state index in [4.69, 9.17) is 0 Å². The Balaban J connectivity index is 1.80. The van der Waals surface area contributed by atoms with Crippen LogP contribution < -0.4 is 5.32 Å². The molecule has 6 heteroatoms. The zero-order valence-electron chi connectivity index (χ0n) is 12.1. The van der Waals surface area contributed by atoms with Crippen molar-refractivity contribution >= 4 is 38.6 Å². The molecule has 2 atom stereocenters. The van der Waals surface area contributed by atoms with Crippen LogP contribution in [0.5, 0.6) is 0 Å². The van der Waals surface area contributed by atoms with Crippen LogP contribution in [0.1, 0.15) is 18.4 Å². The summed E-state index contributed by atoms with van der Waals surface area (Å²) in [5.74, 6) is -2.41. The summed E-state index contributed by atoms with van der Waals surface area (Å²) < 4.78 is 1.01. The van der Waals surface area contributed by atoms with Crippen molar-refractivity contribution in [2.75, 3.05) is 5.32 Å². The Labute approximate surface area is 131 Å². The Bertz CT molecular complexity index is 766. The molecule has 0 unspecified atom stereocenters. The number of aliphatic carboxylic acids is 1. The molecule has 2 N–H and O–H groups in total. The van der Waals surface area contributed by atoms with Gasteiger partial charge in [0.15, 0.2) is 5.13 Å². The van der Waals surface area contributed by atoms with Gasteiger partial charge < -0.3 is 10.4 Å². The van der Waals surface area contributed by atoms with Crippen molar-refractivity contribution in [1.82, 2.24) is 4.98 Å². The van der Waals surface area contributed by atoms with Crippen molar-refractivity contribution in [3.05, 3.63) is 35.9 Å². The van der Waals surface area contributed by atoms with Gasteiger partial charge in [-0.2, -0.15) is 0 Å². The number of aromatic nitrogens is 1. The average Bonchev–Trinajstić information content (AvgIpc) is 2.88. The van der Waals surface area contributed by atoms with Crippen molar-refractivity contribution in [1.29, 1.82) is 0 Å². The van der Waals surface area contributed by atoms with Crippen LogP contribution in [0.2, 0.25) is 0 Å². The van der Waals surface area contributed by atoms with Gasteiger partial charge in [0, 0.05) is 0 Å². The second-order valence-electron chi connectivity index (χ2n) is 5.47. The minimum absolute atomic E-state index is 0.271. The Hall–Kier alpha value is -2.21.